The highest BCUT2D eigenvalue weighted by molar-refractivity contribution is 5.76. The van der Waals surface area contributed by atoms with E-state index in [-0.39, 0.29) is 12.5 Å². The van der Waals surface area contributed by atoms with Crippen molar-refractivity contribution in [1.29, 1.82) is 0 Å². The Hall–Kier alpha value is -0.610. The van der Waals surface area contributed by atoms with Gasteiger partial charge >= 0.3 is 0 Å². The summed E-state index contributed by atoms with van der Waals surface area (Å²) in [7, 11) is 0. The van der Waals surface area contributed by atoms with Gasteiger partial charge in [-0.2, -0.15) is 0 Å². The van der Waals surface area contributed by atoms with Crippen LogP contribution in [0.4, 0.5) is 0 Å². The number of carbonyl (C=O) groups is 1. The average molecular weight is 526 g/mol. The van der Waals surface area contributed by atoms with Crippen LogP contribution in [0.25, 0.3) is 0 Å². The van der Waals surface area contributed by atoms with Crippen LogP contribution in [0.5, 0.6) is 0 Å². The van der Waals surface area contributed by atoms with Crippen LogP contribution in [0.3, 0.4) is 0 Å². The second-order valence-electron chi connectivity index (χ2n) is 11.6. The lowest BCUT2D eigenvalue weighted by Crippen LogP contribution is -2.45. The molecule has 0 bridgehead atoms. The fourth-order valence-corrected chi connectivity index (χ4v) is 5.24. The first-order valence-corrected chi connectivity index (χ1v) is 16.7. The number of nitrogens with one attached hydrogen (secondary N) is 1. The first-order chi connectivity index (χ1) is 18.2. The topological polar surface area (TPSA) is 69.6 Å². The van der Waals surface area contributed by atoms with Gasteiger partial charge in [0, 0.05) is 6.42 Å². The molecule has 0 aliphatic carbocycles. The smallest absolute Gasteiger partial charge is 0.220 e. The van der Waals surface area contributed by atoms with E-state index in [0.717, 1.165) is 25.7 Å². The molecule has 222 valence electrons. The van der Waals surface area contributed by atoms with E-state index in [2.05, 4.69) is 19.2 Å². The van der Waals surface area contributed by atoms with Crippen LogP contribution in [0.15, 0.2) is 0 Å². The molecule has 0 spiro atoms. The largest absolute Gasteiger partial charge is 0.394 e. The van der Waals surface area contributed by atoms with E-state index in [4.69, 9.17) is 0 Å². The zero-order valence-electron chi connectivity index (χ0n) is 25.3. The second-order valence-corrected chi connectivity index (χ2v) is 11.6. The number of aliphatic hydroxyl groups is 2. The summed E-state index contributed by atoms with van der Waals surface area (Å²) in [4.78, 5) is 12.2. The Labute approximate surface area is 232 Å². The molecular formula is C33H67NO3. The Morgan fingerprint density at radius 3 is 1.22 bits per heavy atom. The van der Waals surface area contributed by atoms with Crippen LogP contribution in [0.2, 0.25) is 0 Å². The number of hydrogen-bond acceptors (Lipinski definition) is 3. The fraction of sp³-hybridized carbons (Fsp3) is 0.970. The predicted molar refractivity (Wildman–Crippen MR) is 161 cm³/mol. The molecular weight excluding hydrogens is 458 g/mol. The van der Waals surface area contributed by atoms with Crippen molar-refractivity contribution in [2.75, 3.05) is 6.61 Å². The lowest BCUT2D eigenvalue weighted by molar-refractivity contribution is -0.123. The highest BCUT2D eigenvalue weighted by atomic mass is 16.3. The molecule has 1 amide bonds. The van der Waals surface area contributed by atoms with Crippen LogP contribution < -0.4 is 5.32 Å². The molecule has 0 saturated carbocycles. The van der Waals surface area contributed by atoms with E-state index in [1.54, 1.807) is 0 Å². The number of rotatable bonds is 30. The van der Waals surface area contributed by atoms with E-state index < -0.39 is 12.1 Å². The Balaban J connectivity index is 3.48. The van der Waals surface area contributed by atoms with Gasteiger partial charge in [-0.1, -0.05) is 168 Å². The summed E-state index contributed by atoms with van der Waals surface area (Å²) in [5.41, 5.74) is 0. The van der Waals surface area contributed by atoms with Crippen LogP contribution in [0, 0.1) is 0 Å². The summed E-state index contributed by atoms with van der Waals surface area (Å²) >= 11 is 0. The van der Waals surface area contributed by atoms with Gasteiger partial charge in [0.15, 0.2) is 0 Å². The minimum Gasteiger partial charge on any atom is -0.394 e. The van der Waals surface area contributed by atoms with Crippen molar-refractivity contribution in [3.8, 4) is 0 Å². The summed E-state index contributed by atoms with van der Waals surface area (Å²) in [6, 6.07) is -0.525. The average Bonchev–Trinajstić information content (AvgIpc) is 2.90. The van der Waals surface area contributed by atoms with Crippen molar-refractivity contribution in [1.82, 2.24) is 5.32 Å². The Bertz CT molecular complexity index is 457. The quantitative estimate of drug-likeness (QED) is 0.0818. The van der Waals surface area contributed by atoms with Crippen LogP contribution >= 0.6 is 0 Å². The third-order valence-electron chi connectivity index (χ3n) is 7.87. The maximum Gasteiger partial charge on any atom is 0.220 e. The molecule has 4 heteroatoms. The molecule has 0 rings (SSSR count). The predicted octanol–water partition coefficient (Wildman–Crippen LogP) is 9.40. The minimum absolute atomic E-state index is 0.0375. The maximum absolute atomic E-state index is 12.2. The fourth-order valence-electron chi connectivity index (χ4n) is 5.24. The lowest BCUT2D eigenvalue weighted by Gasteiger charge is -2.22. The van der Waals surface area contributed by atoms with Crippen molar-refractivity contribution in [2.45, 2.75) is 199 Å². The highest BCUT2D eigenvalue weighted by Gasteiger charge is 2.19. The van der Waals surface area contributed by atoms with Gasteiger partial charge in [-0.25, -0.2) is 0 Å². The highest BCUT2D eigenvalue weighted by Crippen LogP contribution is 2.15. The molecule has 2 atom stereocenters. The second kappa shape index (κ2) is 29.9. The standard InChI is InChI=1S/C33H67NO3/c1-3-5-7-9-11-12-13-14-15-16-17-18-19-20-21-23-24-26-28-32(36)31(30-35)34-33(37)29-27-25-22-10-8-6-4-2/h31-32,35-36H,3-30H2,1-2H3,(H,34,37). The number of aliphatic hydroxyl groups excluding tert-OH is 2. The van der Waals surface area contributed by atoms with Gasteiger partial charge < -0.3 is 15.5 Å². The maximum atomic E-state index is 12.2. The van der Waals surface area contributed by atoms with Crippen molar-refractivity contribution >= 4 is 5.91 Å². The van der Waals surface area contributed by atoms with Gasteiger partial charge in [-0.15, -0.1) is 0 Å². The first kappa shape index (κ1) is 36.4. The molecule has 0 saturated heterocycles. The number of hydrogen-bond donors (Lipinski definition) is 3. The van der Waals surface area contributed by atoms with Crippen molar-refractivity contribution < 1.29 is 15.0 Å². The molecule has 0 radical (unpaired) electrons. The van der Waals surface area contributed by atoms with Gasteiger partial charge in [-0.05, 0) is 12.8 Å². The molecule has 0 heterocycles. The monoisotopic (exact) mass is 526 g/mol. The zero-order valence-corrected chi connectivity index (χ0v) is 25.3. The molecule has 2 unspecified atom stereocenters. The summed E-state index contributed by atoms with van der Waals surface area (Å²) in [5.74, 6) is -0.0375. The molecule has 3 N–H and O–H groups in total. The minimum atomic E-state index is -0.649. The van der Waals surface area contributed by atoms with Gasteiger partial charge in [0.1, 0.15) is 0 Å². The molecule has 0 aromatic heterocycles. The van der Waals surface area contributed by atoms with E-state index in [0.29, 0.717) is 12.8 Å². The van der Waals surface area contributed by atoms with Crippen molar-refractivity contribution in [2.24, 2.45) is 0 Å². The molecule has 0 aromatic rings. The molecule has 0 aliphatic heterocycles. The third-order valence-corrected chi connectivity index (χ3v) is 7.87. The van der Waals surface area contributed by atoms with Crippen LogP contribution in [-0.2, 0) is 4.79 Å². The Morgan fingerprint density at radius 2 is 0.865 bits per heavy atom. The van der Waals surface area contributed by atoms with Gasteiger partial charge in [0.2, 0.25) is 5.91 Å². The van der Waals surface area contributed by atoms with Crippen LogP contribution in [-0.4, -0.2) is 34.9 Å². The normalized spacial score (nSPS) is 13.1. The Morgan fingerprint density at radius 1 is 0.541 bits per heavy atom. The van der Waals surface area contributed by atoms with Gasteiger partial charge in [-0.3, -0.25) is 4.79 Å². The summed E-state index contributed by atoms with van der Waals surface area (Å²) in [5, 5.41) is 22.9. The van der Waals surface area contributed by atoms with E-state index in [1.165, 1.54) is 135 Å². The number of amides is 1. The summed E-state index contributed by atoms with van der Waals surface area (Å²) < 4.78 is 0. The van der Waals surface area contributed by atoms with E-state index in [1.807, 2.05) is 0 Å². The summed E-state index contributed by atoms with van der Waals surface area (Å²) in [6.45, 7) is 4.31. The van der Waals surface area contributed by atoms with Crippen molar-refractivity contribution in [3.05, 3.63) is 0 Å². The van der Waals surface area contributed by atoms with E-state index >= 15 is 0 Å². The van der Waals surface area contributed by atoms with Gasteiger partial charge in [0.25, 0.3) is 0 Å². The molecule has 0 aromatic carbocycles. The molecule has 0 fully saturated rings. The first-order valence-electron chi connectivity index (χ1n) is 16.7. The number of unbranched alkanes of at least 4 members (excludes halogenated alkanes) is 23. The molecule has 4 nitrogen and oxygen atoms in total. The molecule has 37 heavy (non-hydrogen) atoms. The summed E-state index contributed by atoms with van der Waals surface area (Å²) in [6.07, 6.45) is 33.1. The van der Waals surface area contributed by atoms with Crippen LogP contribution in [0.1, 0.15) is 187 Å². The SMILES string of the molecule is CCCCCCCCCCCCCCCCCCCCC(O)C(CO)NC(=O)CCCCCCCCC. The van der Waals surface area contributed by atoms with Gasteiger partial charge in [0.05, 0.1) is 18.8 Å². The lowest BCUT2D eigenvalue weighted by atomic mass is 10.0. The Kier molecular flexibility index (Phi) is 29.4. The van der Waals surface area contributed by atoms with Crippen molar-refractivity contribution in [3.63, 3.8) is 0 Å². The zero-order chi connectivity index (χ0) is 27.2. The van der Waals surface area contributed by atoms with E-state index in [9.17, 15) is 15.0 Å². The third kappa shape index (κ3) is 26.8. The molecule has 0 aliphatic rings. The number of carbonyl (C=O) groups excluding carboxylic acids is 1.